The normalized spacial score (nSPS) is 20.2. The van der Waals surface area contributed by atoms with Crippen molar-refractivity contribution in [1.82, 2.24) is 0 Å². The Labute approximate surface area is 302 Å². The lowest BCUT2D eigenvalue weighted by atomic mass is 9.77. The fraction of sp³-hybridized carbons (Fsp3) is 0.474. The zero-order valence-corrected chi connectivity index (χ0v) is 32.9. The van der Waals surface area contributed by atoms with Gasteiger partial charge in [-0.3, -0.25) is 4.79 Å². The predicted molar refractivity (Wildman–Crippen MR) is 202 cm³/mol. The van der Waals surface area contributed by atoms with Crippen molar-refractivity contribution >= 4 is 63.1 Å². The van der Waals surface area contributed by atoms with Crippen molar-refractivity contribution in [1.29, 1.82) is 0 Å². The van der Waals surface area contributed by atoms with Gasteiger partial charge in [0.05, 0.1) is 78.4 Å². The molecule has 0 atom stereocenters. The molecule has 2 heterocycles. The number of carbonyl (C=O) groups excluding carboxylic acids is 1. The third-order valence-electron chi connectivity index (χ3n) is 9.69. The maximum atomic E-state index is 13.9. The van der Waals surface area contributed by atoms with Gasteiger partial charge in [-0.15, -0.1) is 17.0 Å². The van der Waals surface area contributed by atoms with E-state index in [1.165, 1.54) is 0 Å². The van der Waals surface area contributed by atoms with Crippen LogP contribution in [0.2, 0.25) is 10.0 Å². The highest BCUT2D eigenvalue weighted by Crippen LogP contribution is 2.50. The molecule has 2 aromatic rings. The van der Waals surface area contributed by atoms with Crippen LogP contribution in [0.25, 0.3) is 0 Å². The van der Waals surface area contributed by atoms with Gasteiger partial charge < -0.3 is 19.0 Å². The molecule has 0 unspecified atom stereocenters. The van der Waals surface area contributed by atoms with Crippen molar-refractivity contribution < 1.29 is 23.4 Å². The first kappa shape index (κ1) is 37.4. The third-order valence-corrected chi connectivity index (χ3v) is 10.2. The molecule has 0 saturated heterocycles. The first-order valence-electron chi connectivity index (χ1n) is 16.3. The molecule has 1 aliphatic carbocycles. The number of carbonyl (C=O) groups is 1. The summed E-state index contributed by atoms with van der Waals surface area (Å²) in [6.45, 7) is 12.3. The van der Waals surface area contributed by atoms with Crippen LogP contribution in [0.1, 0.15) is 51.7 Å². The molecule has 9 heteroatoms. The number of fused-ring (bicyclic) bond motifs is 2. The number of halogens is 3. The zero-order chi connectivity index (χ0) is 34.0. The number of hydrogen-bond donors (Lipinski definition) is 1. The number of Topliss-reactive ketones (excluding diaryl/α,β-unsaturated/α-hetero) is 1. The van der Waals surface area contributed by atoms with Crippen molar-refractivity contribution in [3.63, 3.8) is 0 Å². The molecule has 2 aliphatic heterocycles. The molecule has 3 aliphatic rings. The lowest BCUT2D eigenvalue weighted by molar-refractivity contribution is -0.871. The zero-order valence-electron chi connectivity index (χ0n) is 29.7. The highest BCUT2D eigenvalue weighted by atomic mass is 79.9. The van der Waals surface area contributed by atoms with Gasteiger partial charge in [0.15, 0.2) is 12.3 Å². The quantitative estimate of drug-likeness (QED) is 0.152. The molecule has 0 saturated carbocycles. The minimum Gasteiger partial charge on any atom is -0.506 e. The molecule has 0 bridgehead atoms. The van der Waals surface area contributed by atoms with Gasteiger partial charge in [0.25, 0.3) is 0 Å². The topological polar surface area (TPSA) is 43.6 Å². The summed E-state index contributed by atoms with van der Waals surface area (Å²) in [6.07, 6.45) is 5.77. The third kappa shape index (κ3) is 7.30. The largest absolute Gasteiger partial charge is 0.506 e. The Hall–Kier alpha value is -2.42. The monoisotopic (exact) mass is 745 g/mol. The molecular formula is C38H52BrCl2N4O2+3. The minimum atomic E-state index is -0.394. The van der Waals surface area contributed by atoms with Crippen LogP contribution < -0.4 is 4.90 Å². The number of hydrogen-bond acceptors (Lipinski definition) is 3. The summed E-state index contributed by atoms with van der Waals surface area (Å²) < 4.78 is 4.06. The summed E-state index contributed by atoms with van der Waals surface area (Å²) in [7, 11) is 13.2. The van der Waals surface area contributed by atoms with Crippen LogP contribution in [0.15, 0.2) is 71.2 Å². The van der Waals surface area contributed by atoms with E-state index in [0.29, 0.717) is 21.2 Å². The fourth-order valence-corrected chi connectivity index (χ4v) is 7.43. The van der Waals surface area contributed by atoms with E-state index in [2.05, 4.69) is 91.6 Å². The average molecular weight is 748 g/mol. The summed E-state index contributed by atoms with van der Waals surface area (Å²) in [5.74, 6) is -0.0816. The number of benzene rings is 2. The lowest BCUT2D eigenvalue weighted by Gasteiger charge is -2.30. The fourth-order valence-electron chi connectivity index (χ4n) is 7.09. The molecule has 0 aromatic heterocycles. The number of aliphatic hydroxyl groups excluding tert-OH is 1. The van der Waals surface area contributed by atoms with Gasteiger partial charge in [0.1, 0.15) is 5.76 Å². The van der Waals surface area contributed by atoms with E-state index in [0.717, 1.165) is 81.9 Å². The predicted octanol–water partition coefficient (Wildman–Crippen LogP) is 8.14. The number of rotatable bonds is 10. The summed E-state index contributed by atoms with van der Waals surface area (Å²) in [4.78, 5) is 16.2. The summed E-state index contributed by atoms with van der Waals surface area (Å²) in [5.41, 5.74) is 6.40. The number of anilines is 1. The Balaban J connectivity index is 0.00000500. The average Bonchev–Trinajstić information content (AvgIpc) is 3.26. The van der Waals surface area contributed by atoms with Gasteiger partial charge >= 0.3 is 0 Å². The van der Waals surface area contributed by atoms with E-state index in [4.69, 9.17) is 23.2 Å². The molecule has 5 rings (SSSR count). The highest BCUT2D eigenvalue weighted by Gasteiger charge is 2.47. The molecule has 6 nitrogen and oxygen atoms in total. The van der Waals surface area contributed by atoms with Gasteiger partial charge in [0.2, 0.25) is 11.5 Å². The van der Waals surface area contributed by atoms with Crippen LogP contribution in [0.3, 0.4) is 0 Å². The second-order valence-corrected chi connectivity index (χ2v) is 17.0. The second-order valence-electron chi connectivity index (χ2n) is 16.2. The SMILES string of the molecule is Br.CC1(C)C(C=C2C(=O)C(/C=C3\N(CCC[N+](C)(C)C)c4ccc(Cl)cc4C3(C)C)=C2O)=[N+](CCC[N+](C)(C)C)c2ccc(Cl)cc21. The highest BCUT2D eigenvalue weighted by molar-refractivity contribution is 8.93. The Morgan fingerprint density at radius 1 is 0.830 bits per heavy atom. The van der Waals surface area contributed by atoms with Crippen LogP contribution in [-0.2, 0) is 15.6 Å². The number of ketones is 1. The van der Waals surface area contributed by atoms with Crippen LogP contribution in [0.4, 0.5) is 11.4 Å². The Morgan fingerprint density at radius 2 is 1.40 bits per heavy atom. The molecule has 254 valence electrons. The molecular weight excluding hydrogens is 695 g/mol. The number of aliphatic hydroxyl groups is 1. The van der Waals surface area contributed by atoms with Gasteiger partial charge in [-0.2, -0.15) is 4.58 Å². The van der Waals surface area contributed by atoms with Crippen LogP contribution >= 0.6 is 40.2 Å². The van der Waals surface area contributed by atoms with E-state index in [9.17, 15) is 9.90 Å². The Morgan fingerprint density at radius 3 is 2.00 bits per heavy atom. The second kappa shape index (κ2) is 13.1. The maximum absolute atomic E-state index is 13.9. The van der Waals surface area contributed by atoms with Gasteiger partial charge in [-0.1, -0.05) is 37.0 Å². The number of nitrogens with zero attached hydrogens (tertiary/aromatic N) is 4. The summed E-state index contributed by atoms with van der Waals surface area (Å²) in [5, 5.41) is 12.9. The van der Waals surface area contributed by atoms with Gasteiger partial charge in [-0.25, -0.2) is 0 Å². The van der Waals surface area contributed by atoms with Gasteiger partial charge in [0, 0.05) is 57.5 Å². The van der Waals surface area contributed by atoms with Crippen LogP contribution in [0.5, 0.6) is 0 Å². The standard InChI is InChI=1S/C38H50Cl2N4O2.BrH/c1-37(2)29-21-25(39)13-15-31(29)41(17-11-19-43(5,6)7)33(37)23-27-35(45)28(36(27)46)24-34-38(3,4)30-22-26(40)14-16-32(30)42(34)18-12-20-44(8,9)10;/h13-16,21-24H,11-12,17-20H2,1-10H3;1H/q+2;/p+1. The van der Waals surface area contributed by atoms with Crippen molar-refractivity contribution in [3.05, 3.63) is 92.3 Å². The first-order chi connectivity index (χ1) is 21.2. The van der Waals surface area contributed by atoms with E-state index in [1.54, 1.807) is 0 Å². The minimum absolute atomic E-state index is 0. The van der Waals surface area contributed by atoms with Crippen LogP contribution in [0, 0.1) is 0 Å². The van der Waals surface area contributed by atoms with Crippen molar-refractivity contribution in [2.45, 2.75) is 51.4 Å². The number of allylic oxidation sites excluding steroid dienone is 5. The van der Waals surface area contributed by atoms with Crippen molar-refractivity contribution in [3.8, 4) is 0 Å². The summed E-state index contributed by atoms with van der Waals surface area (Å²) in [6, 6.07) is 12.1. The summed E-state index contributed by atoms with van der Waals surface area (Å²) >= 11 is 12.9. The molecule has 2 aromatic carbocycles. The Bertz CT molecular complexity index is 1720. The molecule has 0 radical (unpaired) electrons. The van der Waals surface area contributed by atoms with Crippen molar-refractivity contribution in [2.75, 3.05) is 73.4 Å². The van der Waals surface area contributed by atoms with E-state index in [-0.39, 0.29) is 28.5 Å². The van der Waals surface area contributed by atoms with Gasteiger partial charge in [-0.05, 0) is 55.8 Å². The van der Waals surface area contributed by atoms with Crippen molar-refractivity contribution in [2.24, 2.45) is 0 Å². The van der Waals surface area contributed by atoms with Crippen LogP contribution in [-0.4, -0.2) is 98.6 Å². The number of quaternary nitrogens is 2. The first-order valence-corrected chi connectivity index (χ1v) is 17.0. The maximum Gasteiger partial charge on any atom is 0.209 e. The Kier molecular flexibility index (Phi) is 10.4. The molecule has 47 heavy (non-hydrogen) atoms. The smallest absolute Gasteiger partial charge is 0.209 e. The molecule has 0 amide bonds. The lowest BCUT2D eigenvalue weighted by Crippen LogP contribution is -2.37. The van der Waals surface area contributed by atoms with E-state index in [1.807, 2.05) is 36.4 Å². The molecule has 1 N–H and O–H groups in total. The van der Waals surface area contributed by atoms with E-state index < -0.39 is 10.8 Å². The molecule has 0 fully saturated rings. The molecule has 0 spiro atoms. The van der Waals surface area contributed by atoms with E-state index >= 15 is 0 Å².